The molecule has 0 bridgehead atoms. The van der Waals surface area contributed by atoms with Crippen LogP contribution in [0.3, 0.4) is 0 Å². The lowest BCUT2D eigenvalue weighted by Crippen LogP contribution is -2.54. The number of hydrogen-bond donors (Lipinski definition) is 2. The maximum absolute atomic E-state index is 13.3. The summed E-state index contributed by atoms with van der Waals surface area (Å²) in [6.45, 7) is 4.10. The molecule has 2 aromatic rings. The second-order valence-electron chi connectivity index (χ2n) is 10.2. The van der Waals surface area contributed by atoms with Gasteiger partial charge in [-0.05, 0) is 88.4 Å². The highest BCUT2D eigenvalue weighted by molar-refractivity contribution is 5.97. The van der Waals surface area contributed by atoms with Crippen molar-refractivity contribution in [2.75, 3.05) is 14.1 Å². The standard InChI is InChI=1S/C28H38FN3O2/c1-20(2)18-25(31-26(33)22-8-6-5-7-9-22)27(34)30-24-14-16-28(17-15-24,32(3)4)19-21-10-12-23(29)13-11-21/h5-13,20,24-25H,14-19H2,1-4H3,(H,30,34)(H,31,33). The fourth-order valence-corrected chi connectivity index (χ4v) is 4.90. The van der Waals surface area contributed by atoms with Gasteiger partial charge in [0.25, 0.3) is 5.91 Å². The Kier molecular flexibility index (Phi) is 8.84. The van der Waals surface area contributed by atoms with Gasteiger partial charge in [-0.15, -0.1) is 0 Å². The van der Waals surface area contributed by atoms with Crippen molar-refractivity contribution in [1.29, 1.82) is 0 Å². The van der Waals surface area contributed by atoms with Crippen molar-refractivity contribution >= 4 is 11.8 Å². The SMILES string of the molecule is CC(C)CC(NC(=O)c1ccccc1)C(=O)NC1CCC(Cc2ccc(F)cc2)(N(C)C)CC1. The van der Waals surface area contributed by atoms with E-state index in [1.54, 1.807) is 12.1 Å². The molecule has 0 aromatic heterocycles. The van der Waals surface area contributed by atoms with Crippen LogP contribution in [-0.4, -0.2) is 48.4 Å². The number of halogens is 1. The van der Waals surface area contributed by atoms with Crippen LogP contribution >= 0.6 is 0 Å². The number of benzene rings is 2. The molecule has 0 aliphatic heterocycles. The molecular weight excluding hydrogens is 429 g/mol. The zero-order valence-corrected chi connectivity index (χ0v) is 20.8. The van der Waals surface area contributed by atoms with Crippen LogP contribution in [0.1, 0.15) is 61.9 Å². The summed E-state index contributed by atoms with van der Waals surface area (Å²) in [5.41, 5.74) is 1.66. The van der Waals surface area contributed by atoms with Crippen LogP contribution in [-0.2, 0) is 11.2 Å². The van der Waals surface area contributed by atoms with Crippen molar-refractivity contribution in [3.05, 3.63) is 71.5 Å². The minimum Gasteiger partial charge on any atom is -0.352 e. The van der Waals surface area contributed by atoms with E-state index in [9.17, 15) is 14.0 Å². The Balaban J connectivity index is 1.61. The van der Waals surface area contributed by atoms with E-state index in [1.165, 1.54) is 12.1 Å². The Morgan fingerprint density at radius 1 is 1.03 bits per heavy atom. The fourth-order valence-electron chi connectivity index (χ4n) is 4.90. The predicted molar refractivity (Wildman–Crippen MR) is 134 cm³/mol. The molecule has 0 heterocycles. The van der Waals surface area contributed by atoms with Crippen LogP contribution in [0.5, 0.6) is 0 Å². The molecule has 0 spiro atoms. The highest BCUT2D eigenvalue weighted by atomic mass is 19.1. The number of carbonyl (C=O) groups excluding carboxylic acids is 2. The first-order valence-corrected chi connectivity index (χ1v) is 12.3. The average Bonchev–Trinajstić information content (AvgIpc) is 2.81. The third-order valence-corrected chi connectivity index (χ3v) is 7.02. The first-order valence-electron chi connectivity index (χ1n) is 12.3. The van der Waals surface area contributed by atoms with Crippen molar-refractivity contribution < 1.29 is 14.0 Å². The Labute approximate surface area is 203 Å². The summed E-state index contributed by atoms with van der Waals surface area (Å²) in [5, 5.41) is 6.14. The summed E-state index contributed by atoms with van der Waals surface area (Å²) in [4.78, 5) is 28.1. The second-order valence-corrected chi connectivity index (χ2v) is 10.2. The molecule has 1 saturated carbocycles. The number of likely N-dealkylation sites (N-methyl/N-ethyl adjacent to an activating group) is 1. The molecular formula is C28H38FN3O2. The predicted octanol–water partition coefficient (Wildman–Crippen LogP) is 4.57. The highest BCUT2D eigenvalue weighted by Crippen LogP contribution is 2.35. The van der Waals surface area contributed by atoms with Crippen LogP contribution in [0.15, 0.2) is 54.6 Å². The molecule has 3 rings (SSSR count). The lowest BCUT2D eigenvalue weighted by molar-refractivity contribution is -0.124. The van der Waals surface area contributed by atoms with Crippen molar-refractivity contribution in [1.82, 2.24) is 15.5 Å². The molecule has 184 valence electrons. The Morgan fingerprint density at radius 3 is 2.21 bits per heavy atom. The van der Waals surface area contributed by atoms with Crippen molar-refractivity contribution in [2.45, 2.75) is 70.0 Å². The van der Waals surface area contributed by atoms with E-state index in [2.05, 4.69) is 43.5 Å². The van der Waals surface area contributed by atoms with Crippen molar-refractivity contribution in [3.8, 4) is 0 Å². The van der Waals surface area contributed by atoms with Gasteiger partial charge >= 0.3 is 0 Å². The smallest absolute Gasteiger partial charge is 0.251 e. The number of carbonyl (C=O) groups is 2. The monoisotopic (exact) mass is 467 g/mol. The largest absolute Gasteiger partial charge is 0.352 e. The number of nitrogens with zero attached hydrogens (tertiary/aromatic N) is 1. The maximum atomic E-state index is 13.3. The van der Waals surface area contributed by atoms with E-state index < -0.39 is 6.04 Å². The topological polar surface area (TPSA) is 61.4 Å². The van der Waals surface area contributed by atoms with Gasteiger partial charge in [0, 0.05) is 17.1 Å². The second kappa shape index (κ2) is 11.6. The van der Waals surface area contributed by atoms with Gasteiger partial charge in [-0.25, -0.2) is 4.39 Å². The van der Waals surface area contributed by atoms with E-state index >= 15 is 0 Å². The molecule has 1 aliphatic carbocycles. The Morgan fingerprint density at radius 2 is 1.65 bits per heavy atom. The van der Waals surface area contributed by atoms with E-state index in [-0.39, 0.29) is 35.1 Å². The number of nitrogens with one attached hydrogen (secondary N) is 2. The summed E-state index contributed by atoms with van der Waals surface area (Å²) in [6.07, 6.45) is 5.05. The Hall–Kier alpha value is -2.73. The molecule has 2 aromatic carbocycles. The van der Waals surface area contributed by atoms with Gasteiger partial charge in [-0.1, -0.05) is 44.2 Å². The van der Waals surface area contributed by atoms with Crippen LogP contribution in [0, 0.1) is 11.7 Å². The highest BCUT2D eigenvalue weighted by Gasteiger charge is 2.38. The first kappa shape index (κ1) is 25.9. The van der Waals surface area contributed by atoms with Gasteiger partial charge in [-0.2, -0.15) is 0 Å². The van der Waals surface area contributed by atoms with Crippen molar-refractivity contribution in [2.24, 2.45) is 5.92 Å². The van der Waals surface area contributed by atoms with Gasteiger partial charge in [-0.3, -0.25) is 9.59 Å². The number of amides is 2. The number of rotatable bonds is 9. The molecule has 5 nitrogen and oxygen atoms in total. The average molecular weight is 468 g/mol. The molecule has 1 unspecified atom stereocenters. The van der Waals surface area contributed by atoms with Crippen LogP contribution in [0.25, 0.3) is 0 Å². The zero-order valence-electron chi connectivity index (χ0n) is 20.8. The summed E-state index contributed by atoms with van der Waals surface area (Å²) < 4.78 is 13.3. The summed E-state index contributed by atoms with van der Waals surface area (Å²) in [6, 6.07) is 15.3. The van der Waals surface area contributed by atoms with Gasteiger partial charge in [0.1, 0.15) is 11.9 Å². The first-order chi connectivity index (χ1) is 16.2. The van der Waals surface area contributed by atoms with Gasteiger partial charge in [0.05, 0.1) is 0 Å². The van der Waals surface area contributed by atoms with Crippen LogP contribution in [0.4, 0.5) is 4.39 Å². The molecule has 1 fully saturated rings. The minimum atomic E-state index is -0.563. The van der Waals surface area contributed by atoms with Gasteiger partial charge in [0.2, 0.25) is 5.91 Å². The van der Waals surface area contributed by atoms with Crippen LogP contribution in [0.2, 0.25) is 0 Å². The van der Waals surface area contributed by atoms with E-state index in [0.717, 1.165) is 37.7 Å². The molecule has 1 aliphatic rings. The Bertz CT molecular complexity index is 936. The van der Waals surface area contributed by atoms with Gasteiger partial charge < -0.3 is 15.5 Å². The molecule has 0 saturated heterocycles. The van der Waals surface area contributed by atoms with Crippen LogP contribution < -0.4 is 10.6 Å². The molecule has 2 N–H and O–H groups in total. The van der Waals surface area contributed by atoms with E-state index in [4.69, 9.17) is 0 Å². The normalized spacial score (nSPS) is 21.3. The maximum Gasteiger partial charge on any atom is 0.251 e. The summed E-state index contributed by atoms with van der Waals surface area (Å²) in [5.74, 6) is -0.283. The van der Waals surface area contributed by atoms with Crippen molar-refractivity contribution in [3.63, 3.8) is 0 Å². The van der Waals surface area contributed by atoms with E-state index in [0.29, 0.717) is 12.0 Å². The third-order valence-electron chi connectivity index (χ3n) is 7.02. The van der Waals surface area contributed by atoms with E-state index in [1.807, 2.05) is 30.3 Å². The lowest BCUT2D eigenvalue weighted by atomic mass is 9.74. The number of hydrogen-bond acceptors (Lipinski definition) is 3. The lowest BCUT2D eigenvalue weighted by Gasteiger charge is -2.45. The minimum absolute atomic E-state index is 0.0160. The molecule has 6 heteroatoms. The summed E-state index contributed by atoms with van der Waals surface area (Å²) in [7, 11) is 4.19. The molecule has 2 amide bonds. The molecule has 34 heavy (non-hydrogen) atoms. The fraction of sp³-hybridized carbons (Fsp3) is 0.500. The molecule has 1 atom stereocenters. The van der Waals surface area contributed by atoms with Gasteiger partial charge in [0.15, 0.2) is 0 Å². The third kappa shape index (κ3) is 6.89. The zero-order chi connectivity index (χ0) is 24.7. The summed E-state index contributed by atoms with van der Waals surface area (Å²) >= 11 is 0. The molecule has 0 radical (unpaired) electrons. The quantitative estimate of drug-likeness (QED) is 0.568.